The summed E-state index contributed by atoms with van der Waals surface area (Å²) in [6, 6.07) is 13.4. The molecule has 0 aliphatic carbocycles. The molecule has 0 aliphatic rings. The quantitative estimate of drug-likeness (QED) is 0.728. The molecule has 0 aliphatic heterocycles. The van der Waals surface area contributed by atoms with Crippen LogP contribution in [0.5, 0.6) is 0 Å². The maximum atomic E-state index is 12.8. The molecule has 0 radical (unpaired) electrons. The van der Waals surface area contributed by atoms with E-state index in [0.29, 0.717) is 11.4 Å². The molecule has 0 saturated heterocycles. The smallest absolute Gasteiger partial charge is 0.254 e. The molecular weight excluding hydrogens is 344 g/mol. The number of thiophene rings is 1. The standard InChI is InChI=1S/C20H22N4OS/c1-13-12-18(21-3)23-19(22-13)15-7-9-16(10-8-15)20(25)24(4)14(2)17-6-5-11-26-17/h5-12,14H,1-4H3,(H,21,22,23). The van der Waals surface area contributed by atoms with Crippen LogP contribution in [0.1, 0.15) is 33.9 Å². The van der Waals surface area contributed by atoms with Gasteiger partial charge in [-0.2, -0.15) is 0 Å². The zero-order chi connectivity index (χ0) is 18.7. The lowest BCUT2D eigenvalue weighted by Gasteiger charge is -2.24. The fourth-order valence-corrected chi connectivity index (χ4v) is 3.51. The number of amides is 1. The molecule has 2 aromatic heterocycles. The van der Waals surface area contributed by atoms with Gasteiger partial charge in [0.1, 0.15) is 5.82 Å². The second-order valence-electron chi connectivity index (χ2n) is 6.15. The first-order valence-electron chi connectivity index (χ1n) is 8.44. The van der Waals surface area contributed by atoms with Gasteiger partial charge in [0.25, 0.3) is 5.91 Å². The predicted octanol–water partition coefficient (Wildman–Crippen LogP) is 4.39. The molecule has 1 unspecified atom stereocenters. The van der Waals surface area contributed by atoms with Gasteiger partial charge in [0, 0.05) is 41.9 Å². The molecule has 0 spiro atoms. The van der Waals surface area contributed by atoms with Crippen molar-refractivity contribution in [3.05, 3.63) is 64.0 Å². The number of aromatic nitrogens is 2. The molecule has 1 N–H and O–H groups in total. The Morgan fingerprint density at radius 2 is 1.92 bits per heavy atom. The molecule has 6 heteroatoms. The van der Waals surface area contributed by atoms with Crippen molar-refractivity contribution in [2.75, 3.05) is 19.4 Å². The summed E-state index contributed by atoms with van der Waals surface area (Å²) in [6.45, 7) is 3.98. The second kappa shape index (κ2) is 7.66. The van der Waals surface area contributed by atoms with Gasteiger partial charge in [-0.05, 0) is 37.4 Å². The minimum atomic E-state index is -0.00137. The van der Waals surface area contributed by atoms with Gasteiger partial charge in [-0.15, -0.1) is 11.3 Å². The molecule has 26 heavy (non-hydrogen) atoms. The first-order valence-corrected chi connectivity index (χ1v) is 9.32. The Bertz CT molecular complexity index is 891. The average Bonchev–Trinajstić information content (AvgIpc) is 3.20. The van der Waals surface area contributed by atoms with Crippen molar-refractivity contribution in [2.45, 2.75) is 19.9 Å². The summed E-state index contributed by atoms with van der Waals surface area (Å²) in [6.07, 6.45) is 0. The molecule has 3 aromatic rings. The zero-order valence-electron chi connectivity index (χ0n) is 15.4. The molecule has 0 saturated carbocycles. The molecule has 3 rings (SSSR count). The van der Waals surface area contributed by atoms with E-state index in [2.05, 4.69) is 21.4 Å². The molecule has 0 fully saturated rings. The Labute approximate surface area is 157 Å². The van der Waals surface area contributed by atoms with Gasteiger partial charge >= 0.3 is 0 Å². The van der Waals surface area contributed by atoms with E-state index in [0.717, 1.165) is 17.1 Å². The first kappa shape index (κ1) is 18.1. The molecular formula is C20H22N4OS. The van der Waals surface area contributed by atoms with Crippen LogP contribution < -0.4 is 5.32 Å². The maximum Gasteiger partial charge on any atom is 0.254 e. The monoisotopic (exact) mass is 366 g/mol. The highest BCUT2D eigenvalue weighted by molar-refractivity contribution is 7.10. The number of benzene rings is 1. The van der Waals surface area contributed by atoms with Crippen LogP contribution in [0, 0.1) is 6.92 Å². The number of rotatable bonds is 5. The zero-order valence-corrected chi connectivity index (χ0v) is 16.2. The summed E-state index contributed by atoms with van der Waals surface area (Å²) in [4.78, 5) is 24.7. The summed E-state index contributed by atoms with van der Waals surface area (Å²) >= 11 is 1.66. The Morgan fingerprint density at radius 1 is 1.19 bits per heavy atom. The lowest BCUT2D eigenvalue weighted by atomic mass is 10.1. The fourth-order valence-electron chi connectivity index (χ4n) is 2.69. The van der Waals surface area contributed by atoms with Gasteiger partial charge in [-0.1, -0.05) is 18.2 Å². The Morgan fingerprint density at radius 3 is 2.54 bits per heavy atom. The van der Waals surface area contributed by atoms with Crippen LogP contribution in [0.15, 0.2) is 47.8 Å². The fraction of sp³-hybridized carbons (Fsp3) is 0.250. The third kappa shape index (κ3) is 3.75. The third-order valence-corrected chi connectivity index (χ3v) is 5.40. The lowest BCUT2D eigenvalue weighted by Crippen LogP contribution is -2.29. The van der Waals surface area contributed by atoms with E-state index in [9.17, 15) is 4.79 Å². The van der Waals surface area contributed by atoms with Crippen molar-refractivity contribution in [1.82, 2.24) is 14.9 Å². The molecule has 1 amide bonds. The number of aryl methyl sites for hydroxylation is 1. The van der Waals surface area contributed by atoms with E-state index in [4.69, 9.17) is 0 Å². The summed E-state index contributed by atoms with van der Waals surface area (Å²) in [5.41, 5.74) is 2.43. The van der Waals surface area contributed by atoms with E-state index in [1.54, 1.807) is 16.2 Å². The highest BCUT2D eigenvalue weighted by Crippen LogP contribution is 2.25. The molecule has 1 atom stereocenters. The summed E-state index contributed by atoms with van der Waals surface area (Å²) in [5, 5.41) is 5.07. The highest BCUT2D eigenvalue weighted by Gasteiger charge is 2.19. The van der Waals surface area contributed by atoms with Crippen LogP contribution in [0.4, 0.5) is 5.82 Å². The lowest BCUT2D eigenvalue weighted by molar-refractivity contribution is 0.0745. The van der Waals surface area contributed by atoms with Crippen molar-refractivity contribution in [2.24, 2.45) is 0 Å². The van der Waals surface area contributed by atoms with Crippen molar-refractivity contribution in [1.29, 1.82) is 0 Å². The average molecular weight is 366 g/mol. The highest BCUT2D eigenvalue weighted by atomic mass is 32.1. The van der Waals surface area contributed by atoms with Gasteiger partial charge in [0.2, 0.25) is 0 Å². The van der Waals surface area contributed by atoms with Gasteiger partial charge in [-0.3, -0.25) is 4.79 Å². The normalized spacial score (nSPS) is 11.8. The van der Waals surface area contributed by atoms with Crippen molar-refractivity contribution >= 4 is 23.1 Å². The number of carbonyl (C=O) groups excluding carboxylic acids is 1. The summed E-state index contributed by atoms with van der Waals surface area (Å²) in [7, 11) is 3.67. The Balaban J connectivity index is 1.81. The van der Waals surface area contributed by atoms with E-state index < -0.39 is 0 Å². The summed E-state index contributed by atoms with van der Waals surface area (Å²) in [5.74, 6) is 1.42. The van der Waals surface area contributed by atoms with E-state index >= 15 is 0 Å². The molecule has 2 heterocycles. The van der Waals surface area contributed by atoms with Gasteiger partial charge in [0.05, 0.1) is 6.04 Å². The molecule has 0 bridgehead atoms. The van der Waals surface area contributed by atoms with Crippen LogP contribution in [-0.4, -0.2) is 34.9 Å². The number of hydrogen-bond acceptors (Lipinski definition) is 5. The number of hydrogen-bond donors (Lipinski definition) is 1. The number of nitrogens with zero attached hydrogens (tertiary/aromatic N) is 3. The van der Waals surface area contributed by atoms with Crippen molar-refractivity contribution in [3.8, 4) is 11.4 Å². The van der Waals surface area contributed by atoms with E-state index in [-0.39, 0.29) is 11.9 Å². The predicted molar refractivity (Wildman–Crippen MR) is 107 cm³/mol. The topological polar surface area (TPSA) is 58.1 Å². The van der Waals surface area contributed by atoms with Crippen molar-refractivity contribution < 1.29 is 4.79 Å². The first-order chi connectivity index (χ1) is 12.5. The third-order valence-electron chi connectivity index (χ3n) is 4.36. The SMILES string of the molecule is CNc1cc(C)nc(-c2ccc(C(=O)N(C)C(C)c3cccs3)cc2)n1. The number of nitrogens with one attached hydrogen (secondary N) is 1. The Kier molecular flexibility index (Phi) is 5.32. The number of carbonyl (C=O) groups is 1. The summed E-state index contributed by atoms with van der Waals surface area (Å²) < 4.78 is 0. The van der Waals surface area contributed by atoms with Crippen LogP contribution in [0.2, 0.25) is 0 Å². The van der Waals surface area contributed by atoms with Crippen LogP contribution in [0.25, 0.3) is 11.4 Å². The Hall–Kier alpha value is -2.73. The van der Waals surface area contributed by atoms with E-state index in [1.165, 1.54) is 4.88 Å². The van der Waals surface area contributed by atoms with Crippen LogP contribution in [0.3, 0.4) is 0 Å². The van der Waals surface area contributed by atoms with Crippen LogP contribution >= 0.6 is 11.3 Å². The van der Waals surface area contributed by atoms with Gasteiger partial charge in [0.15, 0.2) is 5.82 Å². The molecule has 134 valence electrons. The van der Waals surface area contributed by atoms with Crippen molar-refractivity contribution in [3.63, 3.8) is 0 Å². The van der Waals surface area contributed by atoms with Crippen LogP contribution in [-0.2, 0) is 0 Å². The van der Waals surface area contributed by atoms with Gasteiger partial charge < -0.3 is 10.2 Å². The van der Waals surface area contributed by atoms with E-state index in [1.807, 2.05) is 69.7 Å². The number of anilines is 1. The minimum absolute atomic E-state index is 0.00137. The largest absolute Gasteiger partial charge is 0.373 e. The molecule has 1 aromatic carbocycles. The second-order valence-corrected chi connectivity index (χ2v) is 7.13. The minimum Gasteiger partial charge on any atom is -0.373 e. The molecule has 5 nitrogen and oxygen atoms in total. The maximum absolute atomic E-state index is 12.8. The van der Waals surface area contributed by atoms with Gasteiger partial charge in [-0.25, -0.2) is 9.97 Å².